The number of hydrogen-bond acceptors (Lipinski definition) is 7. The average Bonchev–Trinajstić information content (AvgIpc) is 3.31. The molecular weight excluding hydrogens is 878 g/mol. The first kappa shape index (κ1) is 66.4. The molecule has 0 aliphatic rings. The molecule has 0 aromatic carbocycles. The van der Waals surface area contributed by atoms with E-state index in [-0.39, 0.29) is 25.8 Å². The molecule has 69 heavy (non-hydrogen) atoms. The van der Waals surface area contributed by atoms with Crippen molar-refractivity contribution in [1.29, 1.82) is 0 Å². The Labute approximate surface area is 426 Å². The van der Waals surface area contributed by atoms with Crippen LogP contribution in [0.25, 0.3) is 0 Å². The first-order chi connectivity index (χ1) is 33.6. The molecule has 0 amide bonds. The third-order valence-electron chi connectivity index (χ3n) is 11.6. The highest BCUT2D eigenvalue weighted by Crippen LogP contribution is 2.38. The Morgan fingerprint density at radius 1 is 0.449 bits per heavy atom. The number of carbonyl (C=O) groups excluding carboxylic acids is 1. The highest BCUT2D eigenvalue weighted by atomic mass is 31.2. The van der Waals surface area contributed by atoms with Crippen molar-refractivity contribution in [3.8, 4) is 0 Å². The zero-order chi connectivity index (χ0) is 50.5. The molecule has 2 atom stereocenters. The molecule has 9 heteroatoms. The van der Waals surface area contributed by atoms with Gasteiger partial charge in [0.25, 0.3) is 7.82 Å². The van der Waals surface area contributed by atoms with Crippen LogP contribution in [0.3, 0.4) is 0 Å². The van der Waals surface area contributed by atoms with Crippen molar-refractivity contribution < 1.29 is 37.3 Å². The SMILES string of the molecule is CC/C=C\C/C=C\C/C=C\C/C=C\CCCCCCCCCCCCCCC(=O)OC(COCCCCCCCCCCC/C=C\C/C=C\C/C=C\C/C=C\CC)COP(=O)([O-])OCC[N+](C)(C)C. The van der Waals surface area contributed by atoms with Crippen molar-refractivity contribution in [2.75, 3.05) is 54.1 Å². The Hall–Kier alpha value is -2.58. The minimum Gasteiger partial charge on any atom is -0.756 e. The number of rotatable bonds is 51. The molecule has 0 saturated heterocycles. The van der Waals surface area contributed by atoms with Crippen LogP contribution >= 0.6 is 7.82 Å². The molecule has 0 aromatic heterocycles. The Morgan fingerprint density at radius 2 is 0.797 bits per heavy atom. The van der Waals surface area contributed by atoms with Gasteiger partial charge < -0.3 is 27.9 Å². The molecule has 0 N–H and O–H groups in total. The molecule has 0 heterocycles. The maximum atomic E-state index is 12.8. The van der Waals surface area contributed by atoms with E-state index in [1.54, 1.807) is 0 Å². The second-order valence-corrected chi connectivity index (χ2v) is 20.9. The summed E-state index contributed by atoms with van der Waals surface area (Å²) in [6, 6.07) is 0. The van der Waals surface area contributed by atoms with Gasteiger partial charge in [0.05, 0.1) is 34.4 Å². The van der Waals surface area contributed by atoms with Crippen LogP contribution in [0.1, 0.15) is 219 Å². The minimum absolute atomic E-state index is 0.0200. The summed E-state index contributed by atoms with van der Waals surface area (Å²) in [5.74, 6) is -0.341. The highest BCUT2D eigenvalue weighted by Gasteiger charge is 2.20. The Morgan fingerprint density at radius 3 is 1.19 bits per heavy atom. The van der Waals surface area contributed by atoms with Crippen molar-refractivity contribution in [2.45, 2.75) is 225 Å². The largest absolute Gasteiger partial charge is 0.756 e. The van der Waals surface area contributed by atoms with Gasteiger partial charge in [0, 0.05) is 13.0 Å². The van der Waals surface area contributed by atoms with E-state index in [0.29, 0.717) is 24.1 Å². The fourth-order valence-corrected chi connectivity index (χ4v) is 8.14. The zero-order valence-corrected chi connectivity index (χ0v) is 46.1. The van der Waals surface area contributed by atoms with Crippen molar-refractivity contribution >= 4 is 13.8 Å². The molecule has 0 spiro atoms. The number of nitrogens with zero attached hydrogens (tertiary/aromatic N) is 1. The number of phosphoric acid groups is 1. The van der Waals surface area contributed by atoms with Gasteiger partial charge in [-0.3, -0.25) is 9.36 Å². The van der Waals surface area contributed by atoms with E-state index in [0.717, 1.165) is 83.5 Å². The number of hydrogen-bond donors (Lipinski definition) is 0. The van der Waals surface area contributed by atoms with E-state index in [9.17, 15) is 14.3 Å². The fourth-order valence-electron chi connectivity index (χ4n) is 7.41. The number of unbranched alkanes of at least 4 members (excludes halogenated alkanes) is 21. The molecule has 0 bridgehead atoms. The van der Waals surface area contributed by atoms with Crippen LogP contribution in [-0.2, 0) is 27.9 Å². The van der Waals surface area contributed by atoms with E-state index in [2.05, 4.69) is 111 Å². The van der Waals surface area contributed by atoms with E-state index in [1.165, 1.54) is 116 Å². The summed E-state index contributed by atoms with van der Waals surface area (Å²) in [5.41, 5.74) is 0. The fraction of sp³-hybridized carbons (Fsp3) is 0.717. The number of phosphoric ester groups is 1. The second-order valence-electron chi connectivity index (χ2n) is 19.5. The number of quaternary nitrogens is 1. The summed E-state index contributed by atoms with van der Waals surface area (Å²) < 4.78 is 34.8. The molecule has 0 saturated carbocycles. The van der Waals surface area contributed by atoms with Crippen LogP contribution in [0.15, 0.2) is 97.2 Å². The van der Waals surface area contributed by atoms with Crippen LogP contribution in [0.4, 0.5) is 0 Å². The summed E-state index contributed by atoms with van der Waals surface area (Å²) >= 11 is 0. The summed E-state index contributed by atoms with van der Waals surface area (Å²) in [7, 11) is 1.34. The van der Waals surface area contributed by atoms with Gasteiger partial charge in [0.15, 0.2) is 0 Å². The van der Waals surface area contributed by atoms with Gasteiger partial charge in [-0.15, -0.1) is 0 Å². The molecule has 398 valence electrons. The summed E-state index contributed by atoms with van der Waals surface area (Å²) in [6.45, 7) is 5.18. The molecule has 8 nitrogen and oxygen atoms in total. The minimum atomic E-state index is -4.54. The molecule has 0 rings (SSSR count). The molecule has 0 radical (unpaired) electrons. The van der Waals surface area contributed by atoms with Crippen molar-refractivity contribution in [3.05, 3.63) is 97.2 Å². The Kier molecular flexibility index (Phi) is 49.8. The van der Waals surface area contributed by atoms with Crippen LogP contribution in [0.5, 0.6) is 0 Å². The topological polar surface area (TPSA) is 94.1 Å². The standard InChI is InChI=1S/C60H106NO7P/c1-6-8-10-12-14-16-18-20-22-24-26-28-30-31-32-33-35-37-39-41-43-45-47-49-51-53-60(62)68-59(58-67-69(63,64)66-56-54-61(3,4)5)57-65-55-52-50-48-46-44-42-40-38-36-34-29-27-25-23-21-19-17-15-13-11-9-7-2/h8-11,14-17,20-23,26-29,59H,6-7,12-13,18-19,24-25,30-58H2,1-5H3/b10-8-,11-9-,16-14-,17-15-,22-20-,23-21-,28-26-,29-27-. The van der Waals surface area contributed by atoms with E-state index in [1.807, 2.05) is 21.1 Å². The van der Waals surface area contributed by atoms with Gasteiger partial charge in [-0.05, 0) is 89.9 Å². The van der Waals surface area contributed by atoms with Gasteiger partial charge in [-0.2, -0.15) is 0 Å². The predicted molar refractivity (Wildman–Crippen MR) is 295 cm³/mol. The Balaban J connectivity index is 4.12. The van der Waals surface area contributed by atoms with Crippen LogP contribution in [0.2, 0.25) is 0 Å². The molecule has 0 aliphatic heterocycles. The van der Waals surface area contributed by atoms with Gasteiger partial charge in [0.1, 0.15) is 19.3 Å². The van der Waals surface area contributed by atoms with Gasteiger partial charge in [-0.1, -0.05) is 220 Å². The van der Waals surface area contributed by atoms with E-state index < -0.39 is 13.9 Å². The lowest BCUT2D eigenvalue weighted by molar-refractivity contribution is -0.870. The normalized spacial score (nSPS) is 14.2. The second kappa shape index (κ2) is 51.8. The van der Waals surface area contributed by atoms with Gasteiger partial charge in [0.2, 0.25) is 0 Å². The lowest BCUT2D eigenvalue weighted by Crippen LogP contribution is -2.37. The predicted octanol–water partition coefficient (Wildman–Crippen LogP) is 17.1. The number of ether oxygens (including phenoxy) is 2. The van der Waals surface area contributed by atoms with Crippen LogP contribution in [-0.4, -0.2) is 70.7 Å². The zero-order valence-electron chi connectivity index (χ0n) is 45.2. The molecule has 2 unspecified atom stereocenters. The summed E-state index contributed by atoms with van der Waals surface area (Å²) in [4.78, 5) is 25.3. The number of allylic oxidation sites excluding steroid dienone is 16. The highest BCUT2D eigenvalue weighted by molar-refractivity contribution is 7.45. The van der Waals surface area contributed by atoms with E-state index >= 15 is 0 Å². The molecule has 0 aromatic rings. The maximum Gasteiger partial charge on any atom is 0.306 e. The molecular formula is C60H106NO7P. The van der Waals surface area contributed by atoms with Crippen molar-refractivity contribution in [2.24, 2.45) is 0 Å². The number of carbonyl (C=O) groups is 1. The van der Waals surface area contributed by atoms with Crippen LogP contribution < -0.4 is 4.89 Å². The van der Waals surface area contributed by atoms with Gasteiger partial charge >= 0.3 is 5.97 Å². The third kappa shape index (κ3) is 56.2. The smallest absolute Gasteiger partial charge is 0.306 e. The lowest BCUT2D eigenvalue weighted by atomic mass is 10.0. The van der Waals surface area contributed by atoms with Crippen molar-refractivity contribution in [1.82, 2.24) is 0 Å². The third-order valence-corrected chi connectivity index (χ3v) is 12.6. The number of likely N-dealkylation sites (N-methyl/N-ethyl adjacent to an activating group) is 1. The Bertz CT molecular complexity index is 1420. The maximum absolute atomic E-state index is 12.8. The number of esters is 1. The monoisotopic (exact) mass is 984 g/mol. The molecule has 0 fully saturated rings. The average molecular weight is 984 g/mol. The quantitative estimate of drug-likeness (QED) is 0.0197. The summed E-state index contributed by atoms with van der Waals surface area (Å²) in [5, 5.41) is 0. The summed E-state index contributed by atoms with van der Waals surface area (Å²) in [6.07, 6.45) is 71.5. The van der Waals surface area contributed by atoms with Crippen LogP contribution in [0, 0.1) is 0 Å². The van der Waals surface area contributed by atoms with E-state index in [4.69, 9.17) is 18.5 Å². The first-order valence-electron chi connectivity index (χ1n) is 28.0. The first-order valence-corrected chi connectivity index (χ1v) is 29.4. The molecule has 0 aliphatic carbocycles. The lowest BCUT2D eigenvalue weighted by Gasteiger charge is -2.28. The van der Waals surface area contributed by atoms with Gasteiger partial charge in [-0.25, -0.2) is 0 Å². The van der Waals surface area contributed by atoms with Crippen molar-refractivity contribution in [3.63, 3.8) is 0 Å².